The lowest BCUT2D eigenvalue weighted by molar-refractivity contribution is 0.102. The summed E-state index contributed by atoms with van der Waals surface area (Å²) >= 11 is 0. The number of nitrogens with zero attached hydrogens (tertiary/aromatic N) is 2. The normalized spacial score (nSPS) is 11.4. The van der Waals surface area contributed by atoms with E-state index in [0.29, 0.717) is 0 Å². The maximum absolute atomic E-state index is 14.6. The van der Waals surface area contributed by atoms with Gasteiger partial charge in [-0.3, -0.25) is 4.79 Å². The lowest BCUT2D eigenvalue weighted by Crippen LogP contribution is -2.20. The maximum Gasteiger partial charge on any atom is 0.255 e. The summed E-state index contributed by atoms with van der Waals surface area (Å²) < 4.78 is 47.7. The van der Waals surface area contributed by atoms with Crippen LogP contribution in [0, 0.1) is 19.7 Å². The molecule has 8 nitrogen and oxygen atoms in total. The summed E-state index contributed by atoms with van der Waals surface area (Å²) in [7, 11) is -1.25. The highest BCUT2D eigenvalue weighted by Crippen LogP contribution is 2.26. The van der Waals surface area contributed by atoms with E-state index in [1.54, 1.807) is 6.07 Å². The fourth-order valence-corrected chi connectivity index (χ4v) is 3.89. The van der Waals surface area contributed by atoms with E-state index in [1.807, 2.05) is 19.9 Å². The van der Waals surface area contributed by atoms with Gasteiger partial charge in [0, 0.05) is 16.9 Å². The Labute approximate surface area is 173 Å². The van der Waals surface area contributed by atoms with Crippen LogP contribution in [0.25, 0.3) is 5.69 Å². The lowest BCUT2D eigenvalue weighted by Gasteiger charge is -2.12. The molecule has 3 aromatic rings. The summed E-state index contributed by atoms with van der Waals surface area (Å²) in [5.74, 6) is -1.06. The molecule has 0 saturated heterocycles. The van der Waals surface area contributed by atoms with Crippen molar-refractivity contribution in [3.05, 3.63) is 65.2 Å². The van der Waals surface area contributed by atoms with Crippen molar-refractivity contribution in [3.63, 3.8) is 0 Å². The van der Waals surface area contributed by atoms with Crippen molar-refractivity contribution in [2.24, 2.45) is 0 Å². The maximum atomic E-state index is 14.6. The van der Waals surface area contributed by atoms with Gasteiger partial charge in [0.1, 0.15) is 16.3 Å². The van der Waals surface area contributed by atoms with Crippen LogP contribution in [0.1, 0.15) is 21.7 Å². The molecule has 0 aliphatic carbocycles. The van der Waals surface area contributed by atoms with Gasteiger partial charge in [0.25, 0.3) is 5.91 Å². The number of anilines is 1. The smallest absolute Gasteiger partial charge is 0.255 e. The van der Waals surface area contributed by atoms with Gasteiger partial charge >= 0.3 is 0 Å². The number of carbonyl (C=O) groups excluding carboxylic acids is 1. The van der Waals surface area contributed by atoms with Gasteiger partial charge in [-0.05, 0) is 63.4 Å². The number of amides is 1. The van der Waals surface area contributed by atoms with Gasteiger partial charge in [-0.15, -0.1) is 0 Å². The largest absolute Gasteiger partial charge is 0.495 e. The zero-order valence-corrected chi connectivity index (χ0v) is 17.7. The van der Waals surface area contributed by atoms with E-state index in [0.717, 1.165) is 11.4 Å². The number of sulfonamides is 1. The van der Waals surface area contributed by atoms with Crippen LogP contribution in [-0.2, 0) is 10.0 Å². The Balaban J connectivity index is 1.89. The molecule has 2 aromatic carbocycles. The van der Waals surface area contributed by atoms with Crippen LogP contribution < -0.4 is 14.8 Å². The standard InChI is InChI=1S/C20H21FN4O4S/c1-12-9-13(2)25(24-12)17-7-6-15(11-16(17)21)23-20(26)14-5-8-18(29-4)19(10-14)30(27,28)22-3/h5-11,22H,1-4H3,(H,23,26). The molecule has 0 spiro atoms. The molecule has 1 aromatic heterocycles. The average molecular weight is 432 g/mol. The number of hydrogen-bond donors (Lipinski definition) is 2. The first-order chi connectivity index (χ1) is 14.2. The monoisotopic (exact) mass is 432 g/mol. The molecule has 0 aliphatic rings. The van der Waals surface area contributed by atoms with Crippen molar-refractivity contribution < 1.29 is 22.3 Å². The number of aromatic nitrogens is 2. The Bertz CT molecular complexity index is 1220. The van der Waals surface area contributed by atoms with Crippen LogP contribution in [0.2, 0.25) is 0 Å². The molecular formula is C20H21FN4O4S. The van der Waals surface area contributed by atoms with E-state index in [9.17, 15) is 17.6 Å². The van der Waals surface area contributed by atoms with Crippen LogP contribution >= 0.6 is 0 Å². The second-order valence-electron chi connectivity index (χ2n) is 6.53. The molecule has 0 unspecified atom stereocenters. The summed E-state index contributed by atoms with van der Waals surface area (Å²) in [6.45, 7) is 3.63. The lowest BCUT2D eigenvalue weighted by atomic mass is 10.2. The van der Waals surface area contributed by atoms with Crippen LogP contribution in [-0.4, -0.2) is 38.3 Å². The summed E-state index contributed by atoms with van der Waals surface area (Å²) in [6, 6.07) is 10.1. The molecule has 1 amide bonds. The van der Waals surface area contributed by atoms with Crippen LogP contribution in [0.4, 0.5) is 10.1 Å². The first kappa shape index (κ1) is 21.5. The number of aryl methyl sites for hydroxylation is 2. The van der Waals surface area contributed by atoms with Gasteiger partial charge in [0.05, 0.1) is 12.8 Å². The second-order valence-corrected chi connectivity index (χ2v) is 8.39. The Kier molecular flexibility index (Phi) is 5.90. The molecule has 0 aliphatic heterocycles. The second kappa shape index (κ2) is 8.25. The van der Waals surface area contributed by atoms with Crippen molar-refractivity contribution in [1.29, 1.82) is 0 Å². The average Bonchev–Trinajstić information content (AvgIpc) is 3.05. The van der Waals surface area contributed by atoms with Crippen molar-refractivity contribution in [2.45, 2.75) is 18.7 Å². The fraction of sp³-hybridized carbons (Fsp3) is 0.200. The number of benzene rings is 2. The van der Waals surface area contributed by atoms with Crippen molar-refractivity contribution >= 4 is 21.6 Å². The molecule has 3 rings (SSSR count). The minimum Gasteiger partial charge on any atom is -0.495 e. The predicted octanol–water partition coefficient (Wildman–Crippen LogP) is 2.80. The molecule has 1 heterocycles. The number of hydrogen-bond acceptors (Lipinski definition) is 5. The summed E-state index contributed by atoms with van der Waals surface area (Å²) in [4.78, 5) is 12.4. The minimum absolute atomic E-state index is 0.0765. The molecule has 10 heteroatoms. The van der Waals surface area contributed by atoms with Gasteiger partial charge in [-0.25, -0.2) is 22.2 Å². The predicted molar refractivity (Wildman–Crippen MR) is 110 cm³/mol. The molecule has 0 radical (unpaired) electrons. The molecule has 158 valence electrons. The van der Waals surface area contributed by atoms with Gasteiger partial charge in [-0.1, -0.05) is 0 Å². The topological polar surface area (TPSA) is 102 Å². The number of methoxy groups -OCH3 is 1. The quantitative estimate of drug-likeness (QED) is 0.624. The van der Waals surface area contributed by atoms with Crippen molar-refractivity contribution in [2.75, 3.05) is 19.5 Å². The molecule has 30 heavy (non-hydrogen) atoms. The number of halogens is 1. The number of rotatable bonds is 6. The summed E-state index contributed by atoms with van der Waals surface area (Å²) in [5.41, 5.74) is 2.09. The molecule has 0 saturated carbocycles. The molecule has 0 fully saturated rings. The van der Waals surface area contributed by atoms with E-state index in [4.69, 9.17) is 4.74 Å². The third kappa shape index (κ3) is 4.19. The van der Waals surface area contributed by atoms with E-state index in [-0.39, 0.29) is 27.6 Å². The highest BCUT2D eigenvalue weighted by Gasteiger charge is 2.20. The summed E-state index contributed by atoms with van der Waals surface area (Å²) in [6.07, 6.45) is 0. The third-order valence-electron chi connectivity index (χ3n) is 4.43. The van der Waals surface area contributed by atoms with E-state index >= 15 is 0 Å². The number of nitrogens with one attached hydrogen (secondary N) is 2. The SMILES string of the molecule is CNS(=O)(=O)c1cc(C(=O)Nc2ccc(-n3nc(C)cc3C)c(F)c2)ccc1OC. The number of carbonyl (C=O) groups is 1. The van der Waals surface area contributed by atoms with Crippen molar-refractivity contribution in [3.8, 4) is 11.4 Å². The highest BCUT2D eigenvalue weighted by atomic mass is 32.2. The van der Waals surface area contributed by atoms with E-state index in [1.165, 1.54) is 49.2 Å². The van der Waals surface area contributed by atoms with Gasteiger partial charge in [0.15, 0.2) is 5.82 Å². The molecule has 0 bridgehead atoms. The Hall–Kier alpha value is -3.24. The van der Waals surface area contributed by atoms with Crippen molar-refractivity contribution in [1.82, 2.24) is 14.5 Å². The first-order valence-corrected chi connectivity index (χ1v) is 10.4. The Morgan fingerprint density at radius 3 is 2.43 bits per heavy atom. The molecule has 0 atom stereocenters. The van der Waals surface area contributed by atoms with Crippen LogP contribution in [0.15, 0.2) is 47.4 Å². The minimum atomic E-state index is -3.84. The first-order valence-electron chi connectivity index (χ1n) is 8.92. The Morgan fingerprint density at radius 1 is 1.13 bits per heavy atom. The van der Waals surface area contributed by atoms with Crippen LogP contribution in [0.5, 0.6) is 5.75 Å². The molecular weight excluding hydrogens is 411 g/mol. The third-order valence-corrected chi connectivity index (χ3v) is 5.86. The van der Waals surface area contributed by atoms with Gasteiger partial charge in [-0.2, -0.15) is 5.10 Å². The van der Waals surface area contributed by atoms with Gasteiger partial charge < -0.3 is 10.1 Å². The number of ether oxygens (including phenoxy) is 1. The highest BCUT2D eigenvalue weighted by molar-refractivity contribution is 7.89. The van der Waals surface area contributed by atoms with E-state index < -0.39 is 21.7 Å². The zero-order chi connectivity index (χ0) is 22.1. The fourth-order valence-electron chi connectivity index (χ4n) is 2.97. The van der Waals surface area contributed by atoms with Crippen LogP contribution in [0.3, 0.4) is 0 Å². The van der Waals surface area contributed by atoms with Gasteiger partial charge in [0.2, 0.25) is 10.0 Å². The zero-order valence-electron chi connectivity index (χ0n) is 16.9. The van der Waals surface area contributed by atoms with E-state index in [2.05, 4.69) is 15.1 Å². The molecule has 2 N–H and O–H groups in total. The summed E-state index contributed by atoms with van der Waals surface area (Å²) in [5, 5.41) is 6.82. The Morgan fingerprint density at radius 2 is 1.87 bits per heavy atom.